The molecule has 0 bridgehead atoms. The van der Waals surface area contributed by atoms with Crippen LogP contribution in [-0.2, 0) is 11.8 Å². The number of rotatable bonds is 3. The minimum absolute atomic E-state index is 0.180. The van der Waals surface area contributed by atoms with Crippen LogP contribution in [0.1, 0.15) is 51.4 Å². The molecule has 2 aromatic rings. The Balaban J connectivity index is 1.75. The van der Waals surface area contributed by atoms with E-state index in [1.165, 1.54) is 30.4 Å². The van der Waals surface area contributed by atoms with Gasteiger partial charge in [-0.3, -0.25) is 0 Å². The number of allylic oxidation sites excluding steroid dienone is 1. The number of aryl methyl sites for hydroxylation is 1. The van der Waals surface area contributed by atoms with Crippen LogP contribution in [0.25, 0.3) is 11.0 Å². The quantitative estimate of drug-likeness (QED) is 0.799. The highest BCUT2D eigenvalue weighted by Gasteiger charge is 2.21. The van der Waals surface area contributed by atoms with Gasteiger partial charge in [-0.15, -0.1) is 0 Å². The lowest BCUT2D eigenvalue weighted by atomic mass is 9.78. The van der Waals surface area contributed by atoms with E-state index in [0.717, 1.165) is 29.2 Å². The molecule has 1 saturated carbocycles. The molecule has 1 aliphatic rings. The van der Waals surface area contributed by atoms with Gasteiger partial charge < -0.3 is 4.98 Å². The van der Waals surface area contributed by atoms with Crippen LogP contribution in [0.3, 0.4) is 0 Å². The van der Waals surface area contributed by atoms with Gasteiger partial charge in [0.05, 0.1) is 11.0 Å². The molecular formula is C18H24N2. The summed E-state index contributed by atoms with van der Waals surface area (Å²) in [4.78, 5) is 8.21. The van der Waals surface area contributed by atoms with E-state index in [-0.39, 0.29) is 5.41 Å². The van der Waals surface area contributed by atoms with Crippen LogP contribution in [0, 0.1) is 5.92 Å². The summed E-state index contributed by atoms with van der Waals surface area (Å²) in [6, 6.07) is 6.60. The Hall–Kier alpha value is -1.57. The molecular weight excluding hydrogens is 244 g/mol. The third-order valence-corrected chi connectivity index (χ3v) is 4.34. The standard InChI is InChI=1S/C18H24N2/c1-12-9-13(10-12)5-8-17-19-15-7-6-14(18(2,3)4)11-16(15)20-17/h6-7,11,13H,1,5,8-10H2,2-4H3,(H,19,20). The third-order valence-electron chi connectivity index (χ3n) is 4.34. The van der Waals surface area contributed by atoms with Gasteiger partial charge in [-0.05, 0) is 48.3 Å². The molecule has 0 amide bonds. The molecule has 0 spiro atoms. The van der Waals surface area contributed by atoms with E-state index >= 15 is 0 Å². The van der Waals surface area contributed by atoms with Gasteiger partial charge in [-0.1, -0.05) is 39.0 Å². The fraction of sp³-hybridized carbons (Fsp3) is 0.500. The first-order valence-corrected chi connectivity index (χ1v) is 7.57. The molecule has 0 saturated heterocycles. The van der Waals surface area contributed by atoms with Gasteiger partial charge in [0.1, 0.15) is 5.82 Å². The maximum absolute atomic E-state index is 4.76. The molecule has 0 radical (unpaired) electrons. The summed E-state index contributed by atoms with van der Waals surface area (Å²) in [5.41, 5.74) is 5.20. The van der Waals surface area contributed by atoms with Crippen molar-refractivity contribution in [2.45, 2.75) is 51.9 Å². The number of H-pyrrole nitrogens is 1. The topological polar surface area (TPSA) is 28.7 Å². The molecule has 1 heterocycles. The Morgan fingerprint density at radius 1 is 1.30 bits per heavy atom. The molecule has 1 fully saturated rings. The average molecular weight is 268 g/mol. The van der Waals surface area contributed by atoms with E-state index in [2.05, 4.69) is 50.5 Å². The van der Waals surface area contributed by atoms with E-state index in [1.54, 1.807) is 0 Å². The monoisotopic (exact) mass is 268 g/mol. The van der Waals surface area contributed by atoms with Crippen molar-refractivity contribution in [1.29, 1.82) is 0 Å². The molecule has 1 aromatic carbocycles. The van der Waals surface area contributed by atoms with Crippen molar-refractivity contribution in [3.63, 3.8) is 0 Å². The maximum atomic E-state index is 4.76. The molecule has 3 rings (SSSR count). The Kier molecular flexibility index (Phi) is 3.19. The van der Waals surface area contributed by atoms with Gasteiger partial charge in [0.2, 0.25) is 0 Å². The van der Waals surface area contributed by atoms with Crippen LogP contribution in [0.5, 0.6) is 0 Å². The molecule has 1 aromatic heterocycles. The van der Waals surface area contributed by atoms with E-state index in [0.29, 0.717) is 0 Å². The molecule has 0 atom stereocenters. The fourth-order valence-electron chi connectivity index (χ4n) is 2.95. The van der Waals surface area contributed by atoms with Gasteiger partial charge >= 0.3 is 0 Å². The van der Waals surface area contributed by atoms with Crippen molar-refractivity contribution in [3.05, 3.63) is 41.7 Å². The van der Waals surface area contributed by atoms with Crippen LogP contribution in [0.2, 0.25) is 0 Å². The van der Waals surface area contributed by atoms with E-state index < -0.39 is 0 Å². The van der Waals surface area contributed by atoms with Crippen molar-refractivity contribution in [2.24, 2.45) is 5.92 Å². The number of nitrogens with zero attached hydrogens (tertiary/aromatic N) is 1. The summed E-state index contributed by atoms with van der Waals surface area (Å²) in [6.07, 6.45) is 4.71. The first-order chi connectivity index (χ1) is 9.41. The summed E-state index contributed by atoms with van der Waals surface area (Å²) >= 11 is 0. The van der Waals surface area contributed by atoms with Crippen molar-refractivity contribution in [2.75, 3.05) is 0 Å². The molecule has 0 unspecified atom stereocenters. The van der Waals surface area contributed by atoms with Crippen LogP contribution in [0.4, 0.5) is 0 Å². The Labute approximate surface area is 121 Å². The highest BCUT2D eigenvalue weighted by atomic mass is 14.9. The Morgan fingerprint density at radius 2 is 2.05 bits per heavy atom. The summed E-state index contributed by atoms with van der Waals surface area (Å²) in [7, 11) is 0. The summed E-state index contributed by atoms with van der Waals surface area (Å²) in [5.74, 6) is 1.96. The number of aromatic nitrogens is 2. The molecule has 2 heteroatoms. The number of nitrogens with one attached hydrogen (secondary N) is 1. The average Bonchev–Trinajstić information content (AvgIpc) is 2.73. The Bertz CT molecular complexity index is 635. The first-order valence-electron chi connectivity index (χ1n) is 7.57. The molecule has 2 nitrogen and oxygen atoms in total. The Morgan fingerprint density at radius 3 is 2.70 bits per heavy atom. The first kappa shape index (κ1) is 13.4. The number of aromatic amines is 1. The lowest BCUT2D eigenvalue weighted by Crippen LogP contribution is -2.14. The van der Waals surface area contributed by atoms with E-state index in [4.69, 9.17) is 4.98 Å². The summed E-state index contributed by atoms with van der Waals surface area (Å²) in [6.45, 7) is 10.7. The lowest BCUT2D eigenvalue weighted by molar-refractivity contribution is 0.388. The predicted molar refractivity (Wildman–Crippen MR) is 85.0 cm³/mol. The van der Waals surface area contributed by atoms with Crippen molar-refractivity contribution in [1.82, 2.24) is 9.97 Å². The van der Waals surface area contributed by atoms with E-state index in [1.807, 2.05) is 0 Å². The summed E-state index contributed by atoms with van der Waals surface area (Å²) < 4.78 is 0. The molecule has 20 heavy (non-hydrogen) atoms. The second kappa shape index (κ2) is 4.76. The van der Waals surface area contributed by atoms with Crippen molar-refractivity contribution >= 4 is 11.0 Å². The van der Waals surface area contributed by atoms with Crippen molar-refractivity contribution < 1.29 is 0 Å². The largest absolute Gasteiger partial charge is 0.342 e. The van der Waals surface area contributed by atoms with Gasteiger partial charge in [0, 0.05) is 6.42 Å². The number of benzene rings is 1. The third kappa shape index (κ3) is 2.65. The fourth-order valence-corrected chi connectivity index (χ4v) is 2.95. The second-order valence-corrected chi connectivity index (χ2v) is 7.23. The second-order valence-electron chi connectivity index (χ2n) is 7.23. The van der Waals surface area contributed by atoms with Crippen LogP contribution >= 0.6 is 0 Å². The zero-order valence-corrected chi connectivity index (χ0v) is 12.8. The summed E-state index contributed by atoms with van der Waals surface area (Å²) in [5, 5.41) is 0. The highest BCUT2D eigenvalue weighted by molar-refractivity contribution is 5.76. The number of hydrogen-bond acceptors (Lipinski definition) is 1. The zero-order valence-electron chi connectivity index (χ0n) is 12.8. The van der Waals surface area contributed by atoms with Crippen LogP contribution in [0.15, 0.2) is 30.4 Å². The molecule has 1 N–H and O–H groups in total. The van der Waals surface area contributed by atoms with Crippen LogP contribution < -0.4 is 0 Å². The van der Waals surface area contributed by atoms with Gasteiger partial charge in [-0.25, -0.2) is 4.98 Å². The van der Waals surface area contributed by atoms with Gasteiger partial charge in [0.15, 0.2) is 0 Å². The van der Waals surface area contributed by atoms with Crippen molar-refractivity contribution in [3.8, 4) is 0 Å². The molecule has 1 aliphatic carbocycles. The maximum Gasteiger partial charge on any atom is 0.107 e. The lowest BCUT2D eigenvalue weighted by Gasteiger charge is -2.27. The number of hydrogen-bond donors (Lipinski definition) is 1. The zero-order chi connectivity index (χ0) is 14.3. The predicted octanol–water partition coefficient (Wildman–Crippen LogP) is 4.76. The smallest absolute Gasteiger partial charge is 0.107 e. The van der Waals surface area contributed by atoms with Gasteiger partial charge in [0.25, 0.3) is 0 Å². The molecule has 106 valence electrons. The van der Waals surface area contributed by atoms with E-state index in [9.17, 15) is 0 Å². The minimum Gasteiger partial charge on any atom is -0.342 e. The SMILES string of the molecule is C=C1CC(CCc2nc3cc(C(C)(C)C)ccc3[nH]2)C1. The van der Waals surface area contributed by atoms with Crippen LogP contribution in [-0.4, -0.2) is 9.97 Å². The number of imidazole rings is 1. The number of fused-ring (bicyclic) bond motifs is 1. The highest BCUT2D eigenvalue weighted by Crippen LogP contribution is 2.34. The van der Waals surface area contributed by atoms with Gasteiger partial charge in [-0.2, -0.15) is 0 Å². The minimum atomic E-state index is 0.180. The molecule has 0 aliphatic heterocycles. The normalized spacial score (nSPS) is 16.6.